The molecule has 0 heterocycles. The summed E-state index contributed by atoms with van der Waals surface area (Å²) in [5.41, 5.74) is 0.352. The predicted molar refractivity (Wildman–Crippen MR) is 89.7 cm³/mol. The molecule has 0 saturated heterocycles. The predicted octanol–water partition coefficient (Wildman–Crippen LogP) is 2.74. The Morgan fingerprint density at radius 3 is 2.61 bits per heavy atom. The van der Waals surface area contributed by atoms with Crippen molar-refractivity contribution in [3.05, 3.63) is 35.4 Å². The number of halogens is 2. The molecule has 2 N–H and O–H groups in total. The summed E-state index contributed by atoms with van der Waals surface area (Å²) in [4.78, 5) is 4.08. The average Bonchev–Trinajstić information content (AvgIpc) is 2.51. The van der Waals surface area contributed by atoms with Crippen LogP contribution < -0.4 is 10.6 Å². The van der Waals surface area contributed by atoms with Gasteiger partial charge in [-0.25, -0.2) is 8.78 Å². The van der Waals surface area contributed by atoms with Crippen LogP contribution in [0.1, 0.15) is 25.8 Å². The van der Waals surface area contributed by atoms with E-state index in [9.17, 15) is 8.78 Å². The molecule has 0 aromatic heterocycles. The zero-order valence-corrected chi connectivity index (χ0v) is 14.2. The first kappa shape index (κ1) is 19.4. The number of nitrogens with zero attached hydrogens (tertiary/aromatic N) is 1. The minimum absolute atomic E-state index is 0.352. The molecule has 0 aliphatic heterocycles. The number of nitrogens with one attached hydrogen (secondary N) is 2. The standard InChI is InChI=1S/C17H27F2N3O/c1-13(2)7-10-23-11-9-22-17(20-3)21-8-6-14-12-15(18)4-5-16(14)19/h4-5,12-13H,6-11H2,1-3H3,(H2,20,21,22). The number of rotatable bonds is 9. The molecule has 1 aromatic carbocycles. The summed E-state index contributed by atoms with van der Waals surface area (Å²) < 4.78 is 32.1. The van der Waals surface area contributed by atoms with Gasteiger partial charge >= 0.3 is 0 Å². The molecule has 0 aliphatic rings. The lowest BCUT2D eigenvalue weighted by atomic mass is 10.1. The number of aliphatic imine (C=N–C) groups is 1. The molecule has 0 fully saturated rings. The normalized spacial score (nSPS) is 11.8. The summed E-state index contributed by atoms with van der Waals surface area (Å²) in [6.07, 6.45) is 1.43. The molecule has 1 rings (SSSR count). The lowest BCUT2D eigenvalue weighted by Gasteiger charge is -2.12. The van der Waals surface area contributed by atoms with E-state index >= 15 is 0 Å². The van der Waals surface area contributed by atoms with Gasteiger partial charge in [0.05, 0.1) is 6.61 Å². The molecule has 0 unspecified atom stereocenters. The lowest BCUT2D eigenvalue weighted by Crippen LogP contribution is -2.39. The van der Waals surface area contributed by atoms with Gasteiger partial charge in [-0.1, -0.05) is 13.8 Å². The quantitative estimate of drug-likeness (QED) is 0.416. The van der Waals surface area contributed by atoms with Crippen LogP contribution in [-0.2, 0) is 11.2 Å². The van der Waals surface area contributed by atoms with Crippen LogP contribution in [0.5, 0.6) is 0 Å². The van der Waals surface area contributed by atoms with Crippen LogP contribution in [0.25, 0.3) is 0 Å². The highest BCUT2D eigenvalue weighted by molar-refractivity contribution is 5.79. The van der Waals surface area contributed by atoms with E-state index in [2.05, 4.69) is 29.5 Å². The molecule has 0 saturated carbocycles. The molecule has 0 atom stereocenters. The van der Waals surface area contributed by atoms with Crippen LogP contribution in [-0.4, -0.2) is 39.3 Å². The van der Waals surface area contributed by atoms with Crippen molar-refractivity contribution in [3.63, 3.8) is 0 Å². The van der Waals surface area contributed by atoms with E-state index in [0.717, 1.165) is 25.2 Å². The first-order chi connectivity index (χ1) is 11.0. The van der Waals surface area contributed by atoms with Gasteiger partial charge in [0.25, 0.3) is 0 Å². The average molecular weight is 327 g/mol. The lowest BCUT2D eigenvalue weighted by molar-refractivity contribution is 0.128. The molecule has 4 nitrogen and oxygen atoms in total. The Balaban J connectivity index is 2.20. The zero-order chi connectivity index (χ0) is 17.1. The third-order valence-corrected chi connectivity index (χ3v) is 3.30. The fourth-order valence-corrected chi connectivity index (χ4v) is 1.93. The molecule has 1 aromatic rings. The van der Waals surface area contributed by atoms with Crippen LogP contribution in [0.2, 0.25) is 0 Å². The van der Waals surface area contributed by atoms with Gasteiger partial charge in [0.2, 0.25) is 0 Å². The summed E-state index contributed by atoms with van der Waals surface area (Å²) >= 11 is 0. The molecule has 130 valence electrons. The molecule has 23 heavy (non-hydrogen) atoms. The maximum absolute atomic E-state index is 13.5. The Hall–Kier alpha value is -1.69. The summed E-state index contributed by atoms with van der Waals surface area (Å²) in [6, 6.07) is 3.48. The van der Waals surface area contributed by atoms with E-state index in [-0.39, 0.29) is 0 Å². The summed E-state index contributed by atoms with van der Waals surface area (Å²) in [7, 11) is 1.66. The highest BCUT2D eigenvalue weighted by Gasteiger charge is 2.04. The second-order valence-electron chi connectivity index (χ2n) is 5.71. The van der Waals surface area contributed by atoms with Gasteiger partial charge in [-0.3, -0.25) is 4.99 Å². The molecule has 0 radical (unpaired) electrons. The first-order valence-corrected chi connectivity index (χ1v) is 7.99. The molecule has 0 aliphatic carbocycles. The minimum Gasteiger partial charge on any atom is -0.380 e. The topological polar surface area (TPSA) is 45.7 Å². The zero-order valence-electron chi connectivity index (χ0n) is 14.2. The maximum Gasteiger partial charge on any atom is 0.191 e. The minimum atomic E-state index is -0.428. The molecule has 6 heteroatoms. The Labute approximate surface area is 137 Å². The highest BCUT2D eigenvalue weighted by atomic mass is 19.1. The van der Waals surface area contributed by atoms with Crippen LogP contribution in [0.15, 0.2) is 23.2 Å². The van der Waals surface area contributed by atoms with E-state index in [0.29, 0.717) is 43.6 Å². The Morgan fingerprint density at radius 2 is 1.91 bits per heavy atom. The van der Waals surface area contributed by atoms with Crippen molar-refractivity contribution < 1.29 is 13.5 Å². The van der Waals surface area contributed by atoms with Gasteiger partial charge in [0.15, 0.2) is 5.96 Å². The van der Waals surface area contributed by atoms with Gasteiger partial charge in [-0.15, -0.1) is 0 Å². The molecule has 0 bridgehead atoms. The first-order valence-electron chi connectivity index (χ1n) is 7.99. The van der Waals surface area contributed by atoms with Gasteiger partial charge in [0, 0.05) is 26.7 Å². The van der Waals surface area contributed by atoms with Crippen molar-refractivity contribution >= 4 is 5.96 Å². The third kappa shape index (κ3) is 8.50. The summed E-state index contributed by atoms with van der Waals surface area (Å²) in [5.74, 6) is 0.437. The SMILES string of the molecule is CN=C(NCCOCCC(C)C)NCCc1cc(F)ccc1F. The van der Waals surface area contributed by atoms with E-state index in [1.165, 1.54) is 6.07 Å². The van der Waals surface area contributed by atoms with Crippen molar-refractivity contribution in [1.82, 2.24) is 10.6 Å². The fraction of sp³-hybridized carbons (Fsp3) is 0.588. The van der Waals surface area contributed by atoms with Gasteiger partial charge in [0.1, 0.15) is 11.6 Å². The van der Waals surface area contributed by atoms with E-state index < -0.39 is 11.6 Å². The van der Waals surface area contributed by atoms with Gasteiger partial charge in [-0.05, 0) is 42.5 Å². The number of guanidine groups is 1. The van der Waals surface area contributed by atoms with Gasteiger partial charge < -0.3 is 15.4 Å². The van der Waals surface area contributed by atoms with Crippen LogP contribution in [0, 0.1) is 17.6 Å². The smallest absolute Gasteiger partial charge is 0.191 e. The van der Waals surface area contributed by atoms with Crippen molar-refractivity contribution in [2.45, 2.75) is 26.7 Å². The van der Waals surface area contributed by atoms with Crippen LogP contribution in [0.4, 0.5) is 8.78 Å². The summed E-state index contributed by atoms with van der Waals surface area (Å²) in [6.45, 7) is 6.79. The molecule has 0 spiro atoms. The van der Waals surface area contributed by atoms with E-state index in [4.69, 9.17) is 4.74 Å². The number of hydrogen-bond donors (Lipinski definition) is 2. The molecule has 0 amide bonds. The number of hydrogen-bond acceptors (Lipinski definition) is 2. The second kappa shape index (κ2) is 10.9. The second-order valence-corrected chi connectivity index (χ2v) is 5.71. The monoisotopic (exact) mass is 327 g/mol. The van der Waals surface area contributed by atoms with Crippen molar-refractivity contribution in [2.24, 2.45) is 10.9 Å². The van der Waals surface area contributed by atoms with Crippen molar-refractivity contribution in [1.29, 1.82) is 0 Å². The Kier molecular flexibility index (Phi) is 9.21. The highest BCUT2D eigenvalue weighted by Crippen LogP contribution is 2.09. The molecular weight excluding hydrogens is 300 g/mol. The Morgan fingerprint density at radius 1 is 1.17 bits per heavy atom. The summed E-state index contributed by atoms with van der Waals surface area (Å²) in [5, 5.41) is 6.18. The fourth-order valence-electron chi connectivity index (χ4n) is 1.93. The Bertz CT molecular complexity index is 493. The van der Waals surface area contributed by atoms with Crippen molar-refractivity contribution in [2.75, 3.05) is 33.4 Å². The van der Waals surface area contributed by atoms with Crippen molar-refractivity contribution in [3.8, 4) is 0 Å². The van der Waals surface area contributed by atoms with E-state index in [1.807, 2.05) is 0 Å². The number of benzene rings is 1. The van der Waals surface area contributed by atoms with Gasteiger partial charge in [-0.2, -0.15) is 0 Å². The maximum atomic E-state index is 13.5. The third-order valence-electron chi connectivity index (χ3n) is 3.30. The van der Waals surface area contributed by atoms with E-state index in [1.54, 1.807) is 7.05 Å². The number of ether oxygens (including phenoxy) is 1. The largest absolute Gasteiger partial charge is 0.380 e. The van der Waals surface area contributed by atoms with Crippen LogP contribution in [0.3, 0.4) is 0 Å². The molecular formula is C17H27F2N3O. The van der Waals surface area contributed by atoms with Crippen LogP contribution >= 0.6 is 0 Å².